The van der Waals surface area contributed by atoms with Gasteiger partial charge in [0.1, 0.15) is 0 Å². The first kappa shape index (κ1) is 14.9. The van der Waals surface area contributed by atoms with Gasteiger partial charge in [-0.15, -0.1) is 0 Å². The van der Waals surface area contributed by atoms with Gasteiger partial charge in [-0.25, -0.2) is 0 Å². The summed E-state index contributed by atoms with van der Waals surface area (Å²) in [6.45, 7) is 6.14. The first-order valence-electron chi connectivity index (χ1n) is 5.56. The van der Waals surface area contributed by atoms with Crippen LogP contribution in [0.25, 0.3) is 0 Å². The summed E-state index contributed by atoms with van der Waals surface area (Å²) >= 11 is 0. The van der Waals surface area contributed by atoms with Crippen molar-refractivity contribution in [2.45, 2.75) is 45.6 Å². The molecule has 0 aliphatic rings. The van der Waals surface area contributed by atoms with E-state index in [-0.39, 0.29) is 12.3 Å². The van der Waals surface area contributed by atoms with E-state index in [2.05, 4.69) is 5.32 Å². The normalized spacial score (nSPS) is 13.2. The molecule has 0 aliphatic heterocycles. The molecule has 0 aromatic heterocycles. The van der Waals surface area contributed by atoms with Crippen LogP contribution in [0.4, 0.5) is 0 Å². The molecule has 1 atom stereocenters. The second kappa shape index (κ2) is 6.48. The Morgan fingerprint density at radius 1 is 1.38 bits per heavy atom. The van der Waals surface area contributed by atoms with Crippen LogP contribution in [0.5, 0.6) is 0 Å². The Balaban J connectivity index is 3.98. The Kier molecular flexibility index (Phi) is 6.03. The highest BCUT2D eigenvalue weighted by atomic mass is 16.2. The number of nitrogens with two attached hydrogens (primary N) is 2. The summed E-state index contributed by atoms with van der Waals surface area (Å²) in [4.78, 5) is 22.3. The summed E-state index contributed by atoms with van der Waals surface area (Å²) in [5, 5.41) is 2.79. The van der Waals surface area contributed by atoms with Crippen LogP contribution in [-0.4, -0.2) is 23.9 Å². The molecular formula is C11H23N3O2. The molecule has 0 rings (SSSR count). The Labute approximate surface area is 96.9 Å². The van der Waals surface area contributed by atoms with E-state index >= 15 is 0 Å². The third-order valence-corrected chi connectivity index (χ3v) is 2.36. The van der Waals surface area contributed by atoms with Gasteiger partial charge >= 0.3 is 0 Å². The minimum absolute atomic E-state index is 0.0634. The van der Waals surface area contributed by atoms with Gasteiger partial charge in [0, 0.05) is 18.4 Å². The van der Waals surface area contributed by atoms with E-state index in [9.17, 15) is 9.59 Å². The minimum Gasteiger partial charge on any atom is -0.370 e. The third kappa shape index (κ3) is 7.23. The van der Waals surface area contributed by atoms with Gasteiger partial charge in [0.05, 0.1) is 0 Å². The summed E-state index contributed by atoms with van der Waals surface area (Å²) in [7, 11) is 0. The molecule has 16 heavy (non-hydrogen) atoms. The van der Waals surface area contributed by atoms with Crippen molar-refractivity contribution in [3.63, 3.8) is 0 Å². The van der Waals surface area contributed by atoms with E-state index in [1.807, 2.05) is 6.92 Å². The summed E-state index contributed by atoms with van der Waals surface area (Å²) in [6.07, 6.45) is 1.33. The summed E-state index contributed by atoms with van der Waals surface area (Å²) in [6, 6.07) is 0. The van der Waals surface area contributed by atoms with E-state index in [4.69, 9.17) is 11.5 Å². The van der Waals surface area contributed by atoms with Crippen LogP contribution in [0, 0.1) is 5.92 Å². The van der Waals surface area contributed by atoms with Crippen molar-refractivity contribution in [2.24, 2.45) is 17.4 Å². The number of nitrogens with one attached hydrogen (secondary N) is 1. The largest absolute Gasteiger partial charge is 0.370 e. The van der Waals surface area contributed by atoms with Crippen LogP contribution >= 0.6 is 0 Å². The zero-order valence-corrected chi connectivity index (χ0v) is 10.4. The number of carbonyl (C=O) groups excluding carboxylic acids is 2. The third-order valence-electron chi connectivity index (χ3n) is 2.36. The number of amides is 2. The fraction of sp³-hybridized carbons (Fsp3) is 0.818. The predicted octanol–water partition coefficient (Wildman–Crippen LogP) is 0.132. The minimum atomic E-state index is -0.575. The highest BCUT2D eigenvalue weighted by molar-refractivity contribution is 5.79. The van der Waals surface area contributed by atoms with Crippen LogP contribution in [0.15, 0.2) is 0 Å². The van der Waals surface area contributed by atoms with Gasteiger partial charge in [-0.1, -0.05) is 6.92 Å². The molecule has 1 unspecified atom stereocenters. The molecule has 0 fully saturated rings. The Morgan fingerprint density at radius 3 is 2.38 bits per heavy atom. The lowest BCUT2D eigenvalue weighted by molar-refractivity contribution is -0.124. The van der Waals surface area contributed by atoms with Crippen molar-refractivity contribution in [3.05, 3.63) is 0 Å². The predicted molar refractivity (Wildman–Crippen MR) is 63.5 cm³/mol. The second-order valence-corrected chi connectivity index (χ2v) is 4.95. The monoisotopic (exact) mass is 229 g/mol. The number of hydrogen-bond acceptors (Lipinski definition) is 3. The molecule has 0 aromatic rings. The highest BCUT2D eigenvalue weighted by Crippen LogP contribution is 2.09. The maximum absolute atomic E-state index is 11.6. The van der Waals surface area contributed by atoms with Crippen molar-refractivity contribution >= 4 is 11.8 Å². The molecule has 0 saturated carbocycles. The number of carbonyl (C=O) groups is 2. The molecule has 0 saturated heterocycles. The number of primary amides is 1. The quantitative estimate of drug-likeness (QED) is 0.578. The van der Waals surface area contributed by atoms with Gasteiger partial charge < -0.3 is 16.8 Å². The molecule has 94 valence electrons. The van der Waals surface area contributed by atoms with E-state index in [0.717, 1.165) is 6.42 Å². The first-order valence-corrected chi connectivity index (χ1v) is 5.56. The van der Waals surface area contributed by atoms with E-state index in [1.165, 1.54) is 0 Å². The van der Waals surface area contributed by atoms with Gasteiger partial charge in [-0.05, 0) is 32.7 Å². The molecule has 0 spiro atoms. The molecule has 5 N–H and O–H groups in total. The molecule has 0 aliphatic carbocycles. The van der Waals surface area contributed by atoms with Crippen molar-refractivity contribution in [1.29, 1.82) is 0 Å². The van der Waals surface area contributed by atoms with E-state index in [0.29, 0.717) is 18.9 Å². The van der Waals surface area contributed by atoms with Crippen molar-refractivity contribution < 1.29 is 9.59 Å². The lowest BCUT2D eigenvalue weighted by Gasteiger charge is -2.25. The first-order chi connectivity index (χ1) is 7.26. The maximum Gasteiger partial charge on any atom is 0.220 e. The summed E-state index contributed by atoms with van der Waals surface area (Å²) < 4.78 is 0. The molecule has 0 heterocycles. The fourth-order valence-corrected chi connectivity index (χ4v) is 1.42. The topological polar surface area (TPSA) is 98.2 Å². The van der Waals surface area contributed by atoms with Crippen LogP contribution in [0.3, 0.4) is 0 Å². The van der Waals surface area contributed by atoms with Crippen molar-refractivity contribution in [3.8, 4) is 0 Å². The average molecular weight is 229 g/mol. The molecule has 0 bridgehead atoms. The summed E-state index contributed by atoms with van der Waals surface area (Å²) in [5.74, 6) is -0.142. The van der Waals surface area contributed by atoms with E-state index in [1.54, 1.807) is 13.8 Å². The molecule has 0 radical (unpaired) electrons. The number of rotatable bonds is 7. The molecule has 5 nitrogen and oxygen atoms in total. The van der Waals surface area contributed by atoms with Gasteiger partial charge in [0.15, 0.2) is 0 Å². The Morgan fingerprint density at radius 2 is 1.94 bits per heavy atom. The Hall–Kier alpha value is -1.10. The van der Waals surface area contributed by atoms with Gasteiger partial charge in [0.25, 0.3) is 0 Å². The highest BCUT2D eigenvalue weighted by Gasteiger charge is 2.22. The number of hydrogen-bond donors (Lipinski definition) is 3. The zero-order valence-electron chi connectivity index (χ0n) is 10.4. The lowest BCUT2D eigenvalue weighted by Crippen LogP contribution is -2.46. The van der Waals surface area contributed by atoms with Crippen LogP contribution in [0.2, 0.25) is 0 Å². The molecular weight excluding hydrogens is 206 g/mol. The maximum atomic E-state index is 11.6. The van der Waals surface area contributed by atoms with Gasteiger partial charge in [-0.2, -0.15) is 0 Å². The Bertz CT molecular complexity index is 252. The van der Waals surface area contributed by atoms with E-state index < -0.39 is 11.4 Å². The standard InChI is InChI=1S/C11H23N3O2/c1-8(7-12)4-5-10(16)14-11(2,3)6-9(13)15/h8H,4-7,12H2,1-3H3,(H2,13,15)(H,14,16). The molecule has 2 amide bonds. The van der Waals surface area contributed by atoms with Gasteiger partial charge in [0.2, 0.25) is 11.8 Å². The summed E-state index contributed by atoms with van der Waals surface area (Å²) in [5.41, 5.74) is 9.98. The SMILES string of the molecule is CC(CN)CCC(=O)NC(C)(C)CC(N)=O. The average Bonchev–Trinajstić information content (AvgIpc) is 2.11. The fourth-order valence-electron chi connectivity index (χ4n) is 1.42. The van der Waals surface area contributed by atoms with Crippen LogP contribution in [0.1, 0.15) is 40.0 Å². The van der Waals surface area contributed by atoms with Gasteiger partial charge in [-0.3, -0.25) is 9.59 Å². The van der Waals surface area contributed by atoms with Crippen LogP contribution < -0.4 is 16.8 Å². The molecule has 0 aromatic carbocycles. The van der Waals surface area contributed by atoms with Crippen molar-refractivity contribution in [2.75, 3.05) is 6.54 Å². The van der Waals surface area contributed by atoms with Crippen molar-refractivity contribution in [1.82, 2.24) is 5.32 Å². The zero-order chi connectivity index (χ0) is 12.8. The van der Waals surface area contributed by atoms with Crippen LogP contribution in [-0.2, 0) is 9.59 Å². The molecule has 5 heteroatoms. The smallest absolute Gasteiger partial charge is 0.220 e. The second-order valence-electron chi connectivity index (χ2n) is 4.95. The lowest BCUT2D eigenvalue weighted by atomic mass is 9.99.